The number of nitrogens with one attached hydrogen (secondary N) is 1. The third kappa shape index (κ3) is 4.07. The lowest BCUT2D eigenvalue weighted by atomic mass is 10.1. The van der Waals surface area contributed by atoms with Crippen LogP contribution in [0.25, 0.3) is 16.9 Å². The van der Waals surface area contributed by atoms with E-state index in [1.165, 1.54) is 0 Å². The molecule has 128 valence electrons. The molecular weight excluding hydrogens is 338 g/mol. The quantitative estimate of drug-likeness (QED) is 0.738. The molecule has 0 spiro atoms. The van der Waals surface area contributed by atoms with Crippen LogP contribution in [0.5, 0.6) is 0 Å². The lowest BCUT2D eigenvalue weighted by Gasteiger charge is -2.09. The Morgan fingerprint density at radius 1 is 1.20 bits per heavy atom. The van der Waals surface area contributed by atoms with E-state index in [2.05, 4.69) is 10.4 Å². The first-order valence-corrected chi connectivity index (χ1v) is 8.30. The number of carbonyl (C=O) groups excluding carboxylic acids is 1. The normalized spacial score (nSPS) is 12.0. The predicted octanol–water partition coefficient (Wildman–Crippen LogP) is 3.30. The lowest BCUT2D eigenvalue weighted by Crippen LogP contribution is -2.31. The van der Waals surface area contributed by atoms with Crippen LogP contribution in [0, 0.1) is 0 Å². The van der Waals surface area contributed by atoms with Gasteiger partial charge in [0.1, 0.15) is 5.69 Å². The zero-order chi connectivity index (χ0) is 17.8. The van der Waals surface area contributed by atoms with Crippen LogP contribution in [0.2, 0.25) is 5.02 Å². The molecule has 0 aliphatic rings. The number of hydrogen-bond donors (Lipinski definition) is 2. The van der Waals surface area contributed by atoms with E-state index in [1.807, 2.05) is 42.5 Å². The fourth-order valence-electron chi connectivity index (χ4n) is 2.40. The zero-order valence-electron chi connectivity index (χ0n) is 13.7. The van der Waals surface area contributed by atoms with Gasteiger partial charge in [0.2, 0.25) is 0 Å². The second-order valence-electron chi connectivity index (χ2n) is 5.73. The molecule has 2 N–H and O–H groups in total. The van der Waals surface area contributed by atoms with Crippen LogP contribution < -0.4 is 5.32 Å². The van der Waals surface area contributed by atoms with Crippen LogP contribution in [0.15, 0.2) is 60.7 Å². The summed E-state index contributed by atoms with van der Waals surface area (Å²) in [4.78, 5) is 12.5. The number of amides is 1. The number of aliphatic hydroxyl groups excluding tert-OH is 1. The Bertz CT molecular complexity index is 858. The van der Waals surface area contributed by atoms with Crippen molar-refractivity contribution in [1.82, 2.24) is 15.1 Å². The molecule has 6 heteroatoms. The van der Waals surface area contributed by atoms with Crippen LogP contribution >= 0.6 is 11.6 Å². The Balaban J connectivity index is 2.02. The molecule has 3 aromatic rings. The van der Waals surface area contributed by atoms with Crippen molar-refractivity contribution in [3.05, 3.63) is 71.4 Å². The maximum atomic E-state index is 12.5. The molecule has 2 aromatic carbocycles. The third-order valence-electron chi connectivity index (χ3n) is 3.64. The first-order chi connectivity index (χ1) is 12.0. The van der Waals surface area contributed by atoms with Crippen molar-refractivity contribution in [2.45, 2.75) is 13.0 Å². The number of hydrogen-bond acceptors (Lipinski definition) is 3. The number of aromatic nitrogens is 2. The van der Waals surface area contributed by atoms with Gasteiger partial charge >= 0.3 is 0 Å². The van der Waals surface area contributed by atoms with Gasteiger partial charge in [0.25, 0.3) is 5.91 Å². The summed E-state index contributed by atoms with van der Waals surface area (Å²) >= 11 is 5.94. The van der Waals surface area contributed by atoms with Gasteiger partial charge in [-0.1, -0.05) is 41.9 Å². The molecule has 1 heterocycles. The Morgan fingerprint density at radius 2 is 1.88 bits per heavy atom. The molecule has 3 rings (SSSR count). The van der Waals surface area contributed by atoms with Gasteiger partial charge in [-0.2, -0.15) is 5.10 Å². The molecule has 25 heavy (non-hydrogen) atoms. The fraction of sp³-hybridized carbons (Fsp3) is 0.158. The van der Waals surface area contributed by atoms with Crippen molar-refractivity contribution < 1.29 is 9.90 Å². The summed E-state index contributed by atoms with van der Waals surface area (Å²) in [7, 11) is 0. The largest absolute Gasteiger partial charge is 0.392 e. The molecule has 0 radical (unpaired) electrons. The van der Waals surface area contributed by atoms with Crippen LogP contribution in [0.3, 0.4) is 0 Å². The minimum absolute atomic E-state index is 0.176. The minimum atomic E-state index is -0.618. The van der Waals surface area contributed by atoms with Gasteiger partial charge in [0, 0.05) is 17.1 Å². The van der Waals surface area contributed by atoms with Crippen LogP contribution in [0.1, 0.15) is 17.4 Å². The van der Waals surface area contributed by atoms with E-state index in [0.717, 1.165) is 11.3 Å². The Morgan fingerprint density at radius 3 is 2.52 bits per heavy atom. The summed E-state index contributed by atoms with van der Waals surface area (Å²) in [6, 6.07) is 18.4. The number of para-hydroxylation sites is 1. The van der Waals surface area contributed by atoms with E-state index in [9.17, 15) is 9.90 Å². The number of rotatable bonds is 5. The van der Waals surface area contributed by atoms with Crippen molar-refractivity contribution >= 4 is 17.5 Å². The first kappa shape index (κ1) is 17.2. The summed E-state index contributed by atoms with van der Waals surface area (Å²) in [5.41, 5.74) is 2.72. The number of nitrogens with zero attached hydrogens (tertiary/aromatic N) is 2. The van der Waals surface area contributed by atoms with Crippen molar-refractivity contribution in [1.29, 1.82) is 0 Å². The van der Waals surface area contributed by atoms with E-state index in [4.69, 9.17) is 11.6 Å². The van der Waals surface area contributed by atoms with Crippen molar-refractivity contribution in [3.8, 4) is 16.9 Å². The number of carbonyl (C=O) groups is 1. The molecule has 0 saturated carbocycles. The van der Waals surface area contributed by atoms with Gasteiger partial charge in [0.05, 0.1) is 17.5 Å². The van der Waals surface area contributed by atoms with E-state index in [-0.39, 0.29) is 12.5 Å². The van der Waals surface area contributed by atoms with Crippen LogP contribution in [0.4, 0.5) is 0 Å². The minimum Gasteiger partial charge on any atom is -0.392 e. The standard InChI is InChI=1S/C19H18ClN3O2/c1-13(24)12-21-19(25)18-11-17(14-7-9-15(20)10-8-14)22-23(18)16-5-3-2-4-6-16/h2-11,13,24H,12H2,1H3,(H,21,25). The van der Waals surface area contributed by atoms with Crippen molar-refractivity contribution in [2.24, 2.45) is 0 Å². The molecule has 0 saturated heterocycles. The molecule has 1 atom stereocenters. The molecule has 1 amide bonds. The highest BCUT2D eigenvalue weighted by molar-refractivity contribution is 6.30. The van der Waals surface area contributed by atoms with Crippen molar-refractivity contribution in [3.63, 3.8) is 0 Å². The molecule has 1 aromatic heterocycles. The molecule has 0 aliphatic heterocycles. The average molecular weight is 356 g/mol. The van der Waals surface area contributed by atoms with E-state index in [0.29, 0.717) is 16.4 Å². The van der Waals surface area contributed by atoms with Gasteiger partial charge in [0.15, 0.2) is 0 Å². The van der Waals surface area contributed by atoms with Gasteiger partial charge in [-0.15, -0.1) is 0 Å². The Labute approximate surface area is 150 Å². The second-order valence-corrected chi connectivity index (χ2v) is 6.16. The van der Waals surface area contributed by atoms with Gasteiger partial charge in [-0.05, 0) is 37.3 Å². The molecule has 0 fully saturated rings. The highest BCUT2D eigenvalue weighted by Crippen LogP contribution is 2.23. The highest BCUT2D eigenvalue weighted by Gasteiger charge is 2.17. The molecule has 5 nitrogen and oxygen atoms in total. The van der Waals surface area contributed by atoms with Gasteiger partial charge < -0.3 is 10.4 Å². The predicted molar refractivity (Wildman–Crippen MR) is 98.0 cm³/mol. The summed E-state index contributed by atoms with van der Waals surface area (Å²) < 4.78 is 1.60. The smallest absolute Gasteiger partial charge is 0.270 e. The maximum Gasteiger partial charge on any atom is 0.270 e. The molecule has 1 unspecified atom stereocenters. The lowest BCUT2D eigenvalue weighted by molar-refractivity contribution is 0.0916. The fourth-order valence-corrected chi connectivity index (χ4v) is 2.53. The zero-order valence-corrected chi connectivity index (χ0v) is 14.4. The summed E-state index contributed by atoms with van der Waals surface area (Å²) in [6.45, 7) is 1.79. The van der Waals surface area contributed by atoms with Crippen molar-refractivity contribution in [2.75, 3.05) is 6.54 Å². The highest BCUT2D eigenvalue weighted by atomic mass is 35.5. The summed E-state index contributed by atoms with van der Waals surface area (Å²) in [6.07, 6.45) is -0.618. The SMILES string of the molecule is CC(O)CNC(=O)c1cc(-c2ccc(Cl)cc2)nn1-c1ccccc1. The topological polar surface area (TPSA) is 67.2 Å². The number of aliphatic hydroxyl groups is 1. The summed E-state index contributed by atoms with van der Waals surface area (Å²) in [5, 5.41) is 17.3. The number of benzene rings is 2. The van der Waals surface area contributed by atoms with Crippen LogP contribution in [-0.4, -0.2) is 33.4 Å². The van der Waals surface area contributed by atoms with Gasteiger partial charge in [-0.25, -0.2) is 4.68 Å². The van der Waals surface area contributed by atoms with Gasteiger partial charge in [-0.3, -0.25) is 4.79 Å². The maximum absolute atomic E-state index is 12.5. The Hall–Kier alpha value is -2.63. The Kier molecular flexibility index (Phi) is 5.16. The summed E-state index contributed by atoms with van der Waals surface area (Å²) in [5.74, 6) is -0.294. The average Bonchev–Trinajstić information content (AvgIpc) is 3.06. The van der Waals surface area contributed by atoms with E-state index >= 15 is 0 Å². The number of halogens is 1. The first-order valence-electron chi connectivity index (χ1n) is 7.92. The molecule has 0 aliphatic carbocycles. The second kappa shape index (κ2) is 7.51. The van der Waals surface area contributed by atoms with E-state index in [1.54, 1.807) is 29.8 Å². The van der Waals surface area contributed by atoms with Crippen LogP contribution in [-0.2, 0) is 0 Å². The third-order valence-corrected chi connectivity index (χ3v) is 3.89. The monoisotopic (exact) mass is 355 g/mol. The van der Waals surface area contributed by atoms with E-state index < -0.39 is 6.10 Å². The molecular formula is C19H18ClN3O2. The molecule has 0 bridgehead atoms.